The standard InChI is InChI=1S/C10H20/c1-4-6-7-9-10(3)8-5-2/h7,9-10H,4-6,8H2,1-3H3/b9-7+. The quantitative estimate of drug-likeness (QED) is 0.510. The molecule has 0 aliphatic heterocycles. The third-order valence-corrected chi connectivity index (χ3v) is 1.66. The molecule has 0 amide bonds. The Kier molecular flexibility index (Phi) is 6.68. The van der Waals surface area contributed by atoms with E-state index in [0.29, 0.717) is 0 Å². The zero-order valence-corrected chi connectivity index (χ0v) is 7.56. The lowest BCUT2D eigenvalue weighted by atomic mass is 10.1. The highest BCUT2D eigenvalue weighted by Gasteiger charge is 1.91. The Morgan fingerprint density at radius 3 is 2.40 bits per heavy atom. The lowest BCUT2D eigenvalue weighted by Crippen LogP contribution is -1.86. The molecule has 0 N–H and O–H groups in total. The summed E-state index contributed by atoms with van der Waals surface area (Å²) >= 11 is 0. The molecule has 0 fully saturated rings. The molecule has 0 nitrogen and oxygen atoms in total. The van der Waals surface area contributed by atoms with Gasteiger partial charge in [0.2, 0.25) is 0 Å². The maximum atomic E-state index is 2.34. The predicted octanol–water partition coefficient (Wildman–Crippen LogP) is 3.78. The highest BCUT2D eigenvalue weighted by Crippen LogP contribution is 2.06. The summed E-state index contributed by atoms with van der Waals surface area (Å²) in [5.74, 6) is 0.788. The molecule has 1 atom stereocenters. The lowest BCUT2D eigenvalue weighted by Gasteiger charge is -2.01. The van der Waals surface area contributed by atoms with E-state index >= 15 is 0 Å². The van der Waals surface area contributed by atoms with Crippen molar-refractivity contribution in [2.75, 3.05) is 0 Å². The average Bonchev–Trinajstić information content (AvgIpc) is 1.89. The van der Waals surface area contributed by atoms with Crippen LogP contribution in [0.15, 0.2) is 12.2 Å². The zero-order chi connectivity index (χ0) is 7.82. The molecule has 0 bridgehead atoms. The minimum Gasteiger partial charge on any atom is -0.0883 e. The second-order valence-corrected chi connectivity index (χ2v) is 2.98. The molecule has 0 aromatic heterocycles. The van der Waals surface area contributed by atoms with Gasteiger partial charge in [-0.3, -0.25) is 0 Å². The first-order chi connectivity index (χ1) is 4.81. The number of allylic oxidation sites excluding steroid dienone is 2. The molecule has 0 aliphatic carbocycles. The van der Waals surface area contributed by atoms with Gasteiger partial charge in [0, 0.05) is 0 Å². The first kappa shape index (κ1) is 9.74. The second-order valence-electron chi connectivity index (χ2n) is 2.98. The Bertz CT molecular complexity index is 82.0. The van der Waals surface area contributed by atoms with Gasteiger partial charge in [-0.15, -0.1) is 0 Å². The molecule has 0 aliphatic rings. The normalized spacial score (nSPS) is 14.3. The van der Waals surface area contributed by atoms with Gasteiger partial charge in [0.05, 0.1) is 0 Å². The van der Waals surface area contributed by atoms with Crippen molar-refractivity contribution in [1.29, 1.82) is 0 Å². The predicted molar refractivity (Wildman–Crippen MR) is 48.1 cm³/mol. The van der Waals surface area contributed by atoms with Crippen LogP contribution in [0.5, 0.6) is 0 Å². The van der Waals surface area contributed by atoms with Gasteiger partial charge in [-0.05, 0) is 18.8 Å². The molecular formula is C10H20. The van der Waals surface area contributed by atoms with E-state index in [4.69, 9.17) is 0 Å². The molecule has 1 unspecified atom stereocenters. The summed E-state index contributed by atoms with van der Waals surface area (Å²) in [5.41, 5.74) is 0. The van der Waals surface area contributed by atoms with Crippen molar-refractivity contribution in [2.45, 2.75) is 46.5 Å². The number of unbranched alkanes of at least 4 members (excludes halogenated alkanes) is 1. The molecule has 0 spiro atoms. The first-order valence-electron chi connectivity index (χ1n) is 4.47. The smallest absolute Gasteiger partial charge is 0.0262 e. The van der Waals surface area contributed by atoms with Crippen LogP contribution in [0, 0.1) is 5.92 Å². The molecule has 0 aromatic carbocycles. The molecule has 60 valence electrons. The number of hydrogen-bond acceptors (Lipinski definition) is 0. The van der Waals surface area contributed by atoms with Crippen LogP contribution in [0.4, 0.5) is 0 Å². The van der Waals surface area contributed by atoms with E-state index in [1.807, 2.05) is 0 Å². The van der Waals surface area contributed by atoms with Gasteiger partial charge < -0.3 is 0 Å². The lowest BCUT2D eigenvalue weighted by molar-refractivity contribution is 0.631. The minimum atomic E-state index is 0.788. The summed E-state index contributed by atoms with van der Waals surface area (Å²) in [6.07, 6.45) is 9.80. The van der Waals surface area contributed by atoms with Gasteiger partial charge in [0.25, 0.3) is 0 Å². The molecule has 0 saturated heterocycles. The van der Waals surface area contributed by atoms with Gasteiger partial charge in [-0.2, -0.15) is 0 Å². The summed E-state index contributed by atoms with van der Waals surface area (Å²) in [7, 11) is 0. The van der Waals surface area contributed by atoms with E-state index in [2.05, 4.69) is 32.9 Å². The maximum absolute atomic E-state index is 2.34. The molecule has 0 aromatic rings. The fourth-order valence-corrected chi connectivity index (χ4v) is 1.05. The highest BCUT2D eigenvalue weighted by atomic mass is 14.0. The molecule has 0 radical (unpaired) electrons. The Hall–Kier alpha value is -0.260. The summed E-state index contributed by atoms with van der Waals surface area (Å²) in [6, 6.07) is 0. The third kappa shape index (κ3) is 5.87. The molecule has 0 heteroatoms. The van der Waals surface area contributed by atoms with Gasteiger partial charge >= 0.3 is 0 Å². The average molecular weight is 140 g/mol. The van der Waals surface area contributed by atoms with Crippen molar-refractivity contribution < 1.29 is 0 Å². The SMILES string of the molecule is CCC/C=C/C(C)CCC. The van der Waals surface area contributed by atoms with Crippen LogP contribution in [0.2, 0.25) is 0 Å². The van der Waals surface area contributed by atoms with Crippen LogP contribution in [-0.4, -0.2) is 0 Å². The largest absolute Gasteiger partial charge is 0.0883 e. The van der Waals surface area contributed by atoms with E-state index in [9.17, 15) is 0 Å². The van der Waals surface area contributed by atoms with Gasteiger partial charge in [0.1, 0.15) is 0 Å². The van der Waals surface area contributed by atoms with E-state index < -0.39 is 0 Å². The second kappa shape index (κ2) is 6.85. The van der Waals surface area contributed by atoms with E-state index in [1.54, 1.807) is 0 Å². The Labute approximate surface area is 65.3 Å². The molecular weight excluding hydrogens is 120 g/mol. The van der Waals surface area contributed by atoms with Gasteiger partial charge in [0.15, 0.2) is 0 Å². The Balaban J connectivity index is 3.26. The van der Waals surface area contributed by atoms with Crippen LogP contribution < -0.4 is 0 Å². The van der Waals surface area contributed by atoms with E-state index in [0.717, 1.165) is 5.92 Å². The number of rotatable bonds is 5. The number of hydrogen-bond donors (Lipinski definition) is 0. The van der Waals surface area contributed by atoms with Crippen LogP contribution in [0.3, 0.4) is 0 Å². The summed E-state index contributed by atoms with van der Waals surface area (Å²) in [5, 5.41) is 0. The zero-order valence-electron chi connectivity index (χ0n) is 7.56. The van der Waals surface area contributed by atoms with Gasteiger partial charge in [-0.25, -0.2) is 0 Å². The van der Waals surface area contributed by atoms with Crippen molar-refractivity contribution in [1.82, 2.24) is 0 Å². The van der Waals surface area contributed by atoms with Crippen LogP contribution in [0.25, 0.3) is 0 Å². The first-order valence-corrected chi connectivity index (χ1v) is 4.47. The fraction of sp³-hybridized carbons (Fsp3) is 0.800. The van der Waals surface area contributed by atoms with Crippen LogP contribution >= 0.6 is 0 Å². The Morgan fingerprint density at radius 1 is 1.20 bits per heavy atom. The van der Waals surface area contributed by atoms with Crippen molar-refractivity contribution in [3.63, 3.8) is 0 Å². The Morgan fingerprint density at radius 2 is 1.90 bits per heavy atom. The van der Waals surface area contributed by atoms with Crippen molar-refractivity contribution in [2.24, 2.45) is 5.92 Å². The minimum absolute atomic E-state index is 0.788. The van der Waals surface area contributed by atoms with Crippen molar-refractivity contribution in [3.8, 4) is 0 Å². The van der Waals surface area contributed by atoms with Crippen molar-refractivity contribution >= 4 is 0 Å². The summed E-state index contributed by atoms with van der Waals surface area (Å²) in [4.78, 5) is 0. The highest BCUT2D eigenvalue weighted by molar-refractivity contribution is 4.85. The maximum Gasteiger partial charge on any atom is -0.0262 e. The monoisotopic (exact) mass is 140 g/mol. The molecule has 0 rings (SSSR count). The van der Waals surface area contributed by atoms with E-state index in [-0.39, 0.29) is 0 Å². The van der Waals surface area contributed by atoms with Gasteiger partial charge in [-0.1, -0.05) is 45.8 Å². The van der Waals surface area contributed by atoms with E-state index in [1.165, 1.54) is 25.7 Å². The topological polar surface area (TPSA) is 0 Å². The van der Waals surface area contributed by atoms with Crippen LogP contribution in [-0.2, 0) is 0 Å². The summed E-state index contributed by atoms with van der Waals surface area (Å²) in [6.45, 7) is 6.74. The fourth-order valence-electron chi connectivity index (χ4n) is 1.05. The third-order valence-electron chi connectivity index (χ3n) is 1.66. The van der Waals surface area contributed by atoms with Crippen molar-refractivity contribution in [3.05, 3.63) is 12.2 Å². The van der Waals surface area contributed by atoms with Crippen LogP contribution in [0.1, 0.15) is 46.5 Å². The molecule has 0 saturated carbocycles. The molecule has 0 heterocycles. The summed E-state index contributed by atoms with van der Waals surface area (Å²) < 4.78 is 0. The molecule has 10 heavy (non-hydrogen) atoms.